The van der Waals surface area contributed by atoms with Crippen LogP contribution in [0.25, 0.3) is 0 Å². The van der Waals surface area contributed by atoms with Gasteiger partial charge in [0.25, 0.3) is 0 Å². The van der Waals surface area contributed by atoms with Crippen LogP contribution in [0.1, 0.15) is 13.8 Å². The molecule has 0 aromatic heterocycles. The van der Waals surface area contributed by atoms with Crippen molar-refractivity contribution in [2.45, 2.75) is 18.7 Å². The third kappa shape index (κ3) is 1.61. The van der Waals surface area contributed by atoms with Crippen LogP contribution in [-0.2, 0) is 0 Å². The number of halogens is 1. The van der Waals surface area contributed by atoms with E-state index < -0.39 is 0 Å². The molecule has 2 aliphatic rings. The highest BCUT2D eigenvalue weighted by atomic mass is 79.9. The van der Waals surface area contributed by atoms with E-state index in [0.717, 1.165) is 12.1 Å². The van der Waals surface area contributed by atoms with Gasteiger partial charge in [0.15, 0.2) is 0 Å². The normalized spacial score (nSPS) is 32.9. The van der Waals surface area contributed by atoms with E-state index in [-0.39, 0.29) is 10.2 Å². The molecule has 0 saturated carbocycles. The van der Waals surface area contributed by atoms with Crippen LogP contribution in [0.2, 0.25) is 0 Å². The summed E-state index contributed by atoms with van der Waals surface area (Å²) in [5, 5.41) is 8.94. The standard InChI is InChI=1S/C12H15BrN2/c1-12(2)7-15(3)10-5-8(6-14)4-9(13)11(10)12/h4-5,9,11H,7H2,1-3H3. The summed E-state index contributed by atoms with van der Waals surface area (Å²) in [4.78, 5) is 2.55. The Labute approximate surface area is 99.4 Å². The predicted molar refractivity (Wildman–Crippen MR) is 64.4 cm³/mol. The van der Waals surface area contributed by atoms with Crippen molar-refractivity contribution in [1.82, 2.24) is 4.90 Å². The number of nitrogens with zero attached hydrogens (tertiary/aromatic N) is 2. The number of fused-ring (bicyclic) bond motifs is 1. The smallest absolute Gasteiger partial charge is 0.0989 e. The molecule has 15 heavy (non-hydrogen) atoms. The zero-order valence-electron chi connectivity index (χ0n) is 9.29. The minimum Gasteiger partial charge on any atom is -0.377 e. The average molecular weight is 267 g/mol. The minimum atomic E-state index is 0.270. The maximum Gasteiger partial charge on any atom is 0.0989 e. The Morgan fingerprint density at radius 3 is 2.87 bits per heavy atom. The molecular weight excluding hydrogens is 252 g/mol. The maximum absolute atomic E-state index is 8.94. The summed E-state index contributed by atoms with van der Waals surface area (Å²) in [6.45, 7) is 5.63. The summed E-state index contributed by atoms with van der Waals surface area (Å²) < 4.78 is 0. The summed E-state index contributed by atoms with van der Waals surface area (Å²) in [6, 6.07) is 2.22. The Bertz CT molecular complexity index is 387. The first-order valence-electron chi connectivity index (χ1n) is 5.14. The predicted octanol–water partition coefficient (Wildman–Crippen LogP) is 2.69. The summed E-state index contributed by atoms with van der Waals surface area (Å²) in [7, 11) is 2.10. The topological polar surface area (TPSA) is 27.0 Å². The average Bonchev–Trinajstić information content (AvgIpc) is 2.37. The largest absolute Gasteiger partial charge is 0.377 e. The molecule has 1 heterocycles. The van der Waals surface area contributed by atoms with E-state index in [9.17, 15) is 0 Å². The van der Waals surface area contributed by atoms with Crippen LogP contribution in [-0.4, -0.2) is 23.3 Å². The lowest BCUT2D eigenvalue weighted by atomic mass is 9.76. The van der Waals surface area contributed by atoms with Crippen molar-refractivity contribution in [3.05, 3.63) is 23.4 Å². The molecule has 2 nitrogen and oxygen atoms in total. The Hall–Kier alpha value is -0.750. The van der Waals surface area contributed by atoms with Crippen LogP contribution < -0.4 is 0 Å². The molecule has 0 N–H and O–H groups in total. The Morgan fingerprint density at radius 1 is 1.60 bits per heavy atom. The molecule has 0 aromatic rings. The zero-order chi connectivity index (χ0) is 11.2. The summed E-state index contributed by atoms with van der Waals surface area (Å²) in [5.41, 5.74) is 2.33. The molecule has 2 rings (SSSR count). The van der Waals surface area contributed by atoms with Gasteiger partial charge in [0.2, 0.25) is 0 Å². The van der Waals surface area contributed by atoms with E-state index in [1.807, 2.05) is 12.2 Å². The molecule has 0 bridgehead atoms. The highest BCUT2D eigenvalue weighted by Crippen LogP contribution is 2.48. The van der Waals surface area contributed by atoms with E-state index in [2.05, 4.69) is 47.8 Å². The van der Waals surface area contributed by atoms with E-state index in [4.69, 9.17) is 5.26 Å². The van der Waals surface area contributed by atoms with Crippen LogP contribution >= 0.6 is 15.9 Å². The van der Waals surface area contributed by atoms with E-state index in [1.54, 1.807) is 0 Å². The lowest BCUT2D eigenvalue weighted by Crippen LogP contribution is -2.29. The highest BCUT2D eigenvalue weighted by Gasteiger charge is 2.45. The van der Waals surface area contributed by atoms with Crippen LogP contribution in [0.3, 0.4) is 0 Å². The van der Waals surface area contributed by atoms with Crippen molar-refractivity contribution in [3.63, 3.8) is 0 Å². The second kappa shape index (κ2) is 3.38. The number of alkyl halides is 1. The zero-order valence-corrected chi connectivity index (χ0v) is 10.9. The number of allylic oxidation sites excluding steroid dienone is 4. The third-order valence-corrected chi connectivity index (χ3v) is 4.13. The van der Waals surface area contributed by atoms with Gasteiger partial charge in [-0.05, 0) is 11.5 Å². The molecule has 0 radical (unpaired) electrons. The van der Waals surface area contributed by atoms with Crippen LogP contribution in [0.4, 0.5) is 0 Å². The second-order valence-electron chi connectivity index (χ2n) is 5.07. The highest BCUT2D eigenvalue weighted by molar-refractivity contribution is 9.09. The molecule has 1 fully saturated rings. The van der Waals surface area contributed by atoms with Gasteiger partial charge in [-0.1, -0.05) is 35.9 Å². The molecule has 2 unspecified atom stereocenters. The molecule has 1 aliphatic carbocycles. The fraction of sp³-hybridized carbons (Fsp3) is 0.583. The molecular formula is C12H15BrN2. The third-order valence-electron chi connectivity index (χ3n) is 3.34. The molecule has 3 heteroatoms. The van der Waals surface area contributed by atoms with Crippen molar-refractivity contribution in [2.75, 3.05) is 13.6 Å². The van der Waals surface area contributed by atoms with Crippen LogP contribution in [0.15, 0.2) is 23.4 Å². The van der Waals surface area contributed by atoms with Gasteiger partial charge in [-0.25, -0.2) is 0 Å². The van der Waals surface area contributed by atoms with Gasteiger partial charge in [-0.15, -0.1) is 0 Å². The molecule has 2 atom stereocenters. The van der Waals surface area contributed by atoms with Crippen molar-refractivity contribution < 1.29 is 0 Å². The molecule has 0 spiro atoms. The number of nitriles is 1. The van der Waals surface area contributed by atoms with Crippen molar-refractivity contribution in [2.24, 2.45) is 11.3 Å². The summed E-state index contributed by atoms with van der Waals surface area (Å²) in [5.74, 6) is 0.486. The van der Waals surface area contributed by atoms with Crippen LogP contribution in [0, 0.1) is 22.7 Å². The monoisotopic (exact) mass is 266 g/mol. The number of hydrogen-bond acceptors (Lipinski definition) is 2. The lowest BCUT2D eigenvalue weighted by molar-refractivity contribution is 0.290. The van der Waals surface area contributed by atoms with Gasteiger partial charge in [0.05, 0.1) is 11.6 Å². The van der Waals surface area contributed by atoms with Gasteiger partial charge >= 0.3 is 0 Å². The van der Waals surface area contributed by atoms with Gasteiger partial charge in [0.1, 0.15) is 0 Å². The first-order valence-corrected chi connectivity index (χ1v) is 6.06. The Kier molecular flexibility index (Phi) is 2.42. The molecule has 1 saturated heterocycles. The first kappa shape index (κ1) is 10.8. The second-order valence-corrected chi connectivity index (χ2v) is 6.13. The first-order chi connectivity index (χ1) is 6.95. The van der Waals surface area contributed by atoms with Crippen molar-refractivity contribution in [1.29, 1.82) is 5.26 Å². The van der Waals surface area contributed by atoms with Gasteiger partial charge in [-0.3, -0.25) is 0 Å². The van der Waals surface area contributed by atoms with Crippen molar-refractivity contribution >= 4 is 15.9 Å². The van der Waals surface area contributed by atoms with Gasteiger partial charge in [0, 0.05) is 30.0 Å². The Morgan fingerprint density at radius 2 is 2.27 bits per heavy atom. The molecule has 1 aliphatic heterocycles. The molecule has 0 aromatic carbocycles. The fourth-order valence-electron chi connectivity index (χ4n) is 2.78. The molecule has 80 valence electrons. The van der Waals surface area contributed by atoms with Crippen LogP contribution in [0.5, 0.6) is 0 Å². The quantitative estimate of drug-likeness (QED) is 0.631. The Balaban J connectivity index is 2.44. The minimum absolute atomic E-state index is 0.270. The van der Waals surface area contributed by atoms with Crippen molar-refractivity contribution in [3.8, 4) is 6.07 Å². The van der Waals surface area contributed by atoms with E-state index >= 15 is 0 Å². The number of hydrogen-bond donors (Lipinski definition) is 0. The van der Waals surface area contributed by atoms with Gasteiger partial charge < -0.3 is 4.90 Å². The number of rotatable bonds is 0. The number of likely N-dealkylation sites (tertiary alicyclic amines) is 1. The van der Waals surface area contributed by atoms with E-state index in [0.29, 0.717) is 5.92 Å². The maximum atomic E-state index is 8.94. The van der Waals surface area contributed by atoms with E-state index in [1.165, 1.54) is 5.70 Å². The fourth-order valence-corrected chi connectivity index (χ4v) is 4.05. The molecule has 0 amide bonds. The SMILES string of the molecule is CN1CC(C)(C)C2C1=CC(C#N)=CC2Br. The summed E-state index contributed by atoms with van der Waals surface area (Å²) in [6.07, 6.45) is 4.05. The van der Waals surface area contributed by atoms with Gasteiger partial charge in [-0.2, -0.15) is 5.26 Å². The summed E-state index contributed by atoms with van der Waals surface area (Å²) >= 11 is 3.68. The lowest BCUT2D eigenvalue weighted by Gasteiger charge is -2.30.